The first kappa shape index (κ1) is 16.1. The minimum absolute atomic E-state index is 0.209. The van der Waals surface area contributed by atoms with Gasteiger partial charge in [0.15, 0.2) is 0 Å². The van der Waals surface area contributed by atoms with Crippen molar-refractivity contribution < 1.29 is 14.0 Å². The van der Waals surface area contributed by atoms with Gasteiger partial charge in [-0.05, 0) is 37.5 Å². The highest BCUT2D eigenvalue weighted by atomic mass is 19.1. The van der Waals surface area contributed by atoms with Gasteiger partial charge >= 0.3 is 6.03 Å². The lowest BCUT2D eigenvalue weighted by molar-refractivity contribution is -0.121. The lowest BCUT2D eigenvalue weighted by atomic mass is 10.1. The van der Waals surface area contributed by atoms with E-state index in [0.29, 0.717) is 17.7 Å². The Balaban J connectivity index is 2.59. The van der Waals surface area contributed by atoms with Gasteiger partial charge in [-0.15, -0.1) is 0 Å². The van der Waals surface area contributed by atoms with Gasteiger partial charge in [0.05, 0.1) is 6.04 Å². The Labute approximate surface area is 117 Å². The van der Waals surface area contributed by atoms with Crippen molar-refractivity contribution in [2.75, 3.05) is 7.05 Å². The highest BCUT2D eigenvalue weighted by Gasteiger charge is 2.14. The highest BCUT2D eigenvalue weighted by Crippen LogP contribution is 2.14. The van der Waals surface area contributed by atoms with Crippen LogP contribution in [0.15, 0.2) is 12.1 Å². The summed E-state index contributed by atoms with van der Waals surface area (Å²) in [6, 6.07) is 2.40. The molecule has 0 fully saturated rings. The number of benzene rings is 1. The fourth-order valence-corrected chi connectivity index (χ4v) is 1.78. The zero-order valence-electron chi connectivity index (χ0n) is 12.1. The van der Waals surface area contributed by atoms with Crippen LogP contribution in [0.5, 0.6) is 0 Å². The van der Waals surface area contributed by atoms with Gasteiger partial charge in [0.2, 0.25) is 5.91 Å². The predicted molar refractivity (Wildman–Crippen MR) is 74.8 cm³/mol. The minimum atomic E-state index is -0.544. The Kier molecular flexibility index (Phi) is 5.64. The third-order valence-corrected chi connectivity index (χ3v) is 2.97. The Morgan fingerprint density at radius 1 is 1.25 bits per heavy atom. The average molecular weight is 281 g/mol. The molecule has 0 saturated carbocycles. The lowest BCUT2D eigenvalue weighted by Gasteiger charge is -2.14. The van der Waals surface area contributed by atoms with Crippen LogP contribution in [0.4, 0.5) is 9.18 Å². The molecule has 0 aliphatic heterocycles. The molecule has 0 heterocycles. The smallest absolute Gasteiger partial charge is 0.321 e. The Hall–Kier alpha value is -1.95. The van der Waals surface area contributed by atoms with Crippen LogP contribution in [-0.4, -0.2) is 25.0 Å². The van der Waals surface area contributed by atoms with E-state index in [0.717, 1.165) is 5.56 Å². The first-order chi connectivity index (χ1) is 9.35. The van der Waals surface area contributed by atoms with Gasteiger partial charge in [-0.3, -0.25) is 10.1 Å². The van der Waals surface area contributed by atoms with Crippen LogP contribution < -0.4 is 16.0 Å². The fourth-order valence-electron chi connectivity index (χ4n) is 1.78. The molecule has 0 aliphatic carbocycles. The molecule has 0 spiro atoms. The Bertz CT molecular complexity index is 494. The number of nitrogens with one attached hydrogen (secondary N) is 3. The zero-order chi connectivity index (χ0) is 15.3. The summed E-state index contributed by atoms with van der Waals surface area (Å²) in [7, 11) is 1.44. The van der Waals surface area contributed by atoms with Gasteiger partial charge in [0.25, 0.3) is 0 Å². The van der Waals surface area contributed by atoms with Crippen LogP contribution in [0, 0.1) is 19.7 Å². The van der Waals surface area contributed by atoms with Crippen LogP contribution in [0.3, 0.4) is 0 Å². The van der Waals surface area contributed by atoms with Gasteiger partial charge in [0, 0.05) is 13.6 Å². The maximum absolute atomic E-state index is 13.5. The first-order valence-corrected chi connectivity index (χ1v) is 6.36. The molecule has 5 nitrogen and oxygen atoms in total. The molecule has 3 N–H and O–H groups in total. The van der Waals surface area contributed by atoms with Crippen LogP contribution in [0.25, 0.3) is 0 Å². The monoisotopic (exact) mass is 281 g/mol. The van der Waals surface area contributed by atoms with Crippen molar-refractivity contribution in [1.82, 2.24) is 16.0 Å². The first-order valence-electron chi connectivity index (χ1n) is 6.36. The zero-order valence-corrected chi connectivity index (χ0v) is 12.1. The topological polar surface area (TPSA) is 70.2 Å². The van der Waals surface area contributed by atoms with Crippen molar-refractivity contribution in [2.24, 2.45) is 0 Å². The second kappa shape index (κ2) is 7.00. The molecule has 3 amide bonds. The highest BCUT2D eigenvalue weighted by molar-refractivity contribution is 5.96. The van der Waals surface area contributed by atoms with Gasteiger partial charge in [-0.2, -0.15) is 0 Å². The number of halogens is 1. The number of carbonyl (C=O) groups is 2. The molecule has 0 aliphatic rings. The van der Waals surface area contributed by atoms with E-state index in [9.17, 15) is 14.0 Å². The number of hydrogen-bond donors (Lipinski definition) is 3. The van der Waals surface area contributed by atoms with Gasteiger partial charge in [-0.25, -0.2) is 9.18 Å². The van der Waals surface area contributed by atoms with Crippen molar-refractivity contribution >= 4 is 11.9 Å². The van der Waals surface area contributed by atoms with E-state index < -0.39 is 18.0 Å². The molecule has 0 saturated heterocycles. The summed E-state index contributed by atoms with van der Waals surface area (Å²) in [6.45, 7) is 5.48. The van der Waals surface area contributed by atoms with E-state index in [1.54, 1.807) is 32.9 Å². The molecule has 1 atom stereocenters. The van der Waals surface area contributed by atoms with Gasteiger partial charge in [0.1, 0.15) is 5.82 Å². The molecule has 1 aromatic carbocycles. The van der Waals surface area contributed by atoms with Gasteiger partial charge in [-0.1, -0.05) is 12.1 Å². The molecule has 6 heteroatoms. The number of urea groups is 1. The largest absolute Gasteiger partial charge is 0.341 e. The molecule has 0 radical (unpaired) electrons. The number of hydrogen-bond acceptors (Lipinski definition) is 3. The van der Waals surface area contributed by atoms with Crippen molar-refractivity contribution in [2.45, 2.75) is 33.4 Å². The molecule has 1 unspecified atom stereocenters. The van der Waals surface area contributed by atoms with E-state index in [2.05, 4.69) is 16.0 Å². The number of imide groups is 1. The van der Waals surface area contributed by atoms with Crippen molar-refractivity contribution in [1.29, 1.82) is 0 Å². The standard InChI is InChI=1S/C14H20FN3O2/c1-8-5-11(6-9(2)12(8)15)7-17-10(3)13(19)18-14(20)16-4/h5-6,10,17H,7H2,1-4H3,(H2,16,18,19,20). The summed E-state index contributed by atoms with van der Waals surface area (Å²) in [5.41, 5.74) is 2.04. The molecule has 1 aromatic rings. The van der Waals surface area contributed by atoms with E-state index in [-0.39, 0.29) is 5.82 Å². The summed E-state index contributed by atoms with van der Waals surface area (Å²) >= 11 is 0. The molecular weight excluding hydrogens is 261 g/mol. The second-order valence-electron chi connectivity index (χ2n) is 4.71. The van der Waals surface area contributed by atoms with Gasteiger partial charge < -0.3 is 10.6 Å². The molecule has 20 heavy (non-hydrogen) atoms. The summed E-state index contributed by atoms with van der Waals surface area (Å²) < 4.78 is 13.5. The quantitative estimate of drug-likeness (QED) is 0.781. The maximum atomic E-state index is 13.5. The van der Waals surface area contributed by atoms with Crippen molar-refractivity contribution in [3.05, 3.63) is 34.6 Å². The third-order valence-electron chi connectivity index (χ3n) is 2.97. The normalized spacial score (nSPS) is 11.8. The van der Waals surface area contributed by atoms with E-state index >= 15 is 0 Å². The van der Waals surface area contributed by atoms with Crippen LogP contribution in [-0.2, 0) is 11.3 Å². The molecule has 0 bridgehead atoms. The molecule has 0 aromatic heterocycles. The molecule has 1 rings (SSSR count). The number of amides is 3. The SMILES string of the molecule is CNC(=O)NC(=O)C(C)NCc1cc(C)c(F)c(C)c1. The average Bonchev–Trinajstić information content (AvgIpc) is 2.41. The van der Waals surface area contributed by atoms with Crippen LogP contribution >= 0.6 is 0 Å². The van der Waals surface area contributed by atoms with E-state index in [1.165, 1.54) is 7.05 Å². The number of rotatable bonds is 4. The Morgan fingerprint density at radius 2 is 1.80 bits per heavy atom. The summed E-state index contributed by atoms with van der Waals surface area (Å²) in [4.78, 5) is 22.6. The van der Waals surface area contributed by atoms with Crippen molar-refractivity contribution in [3.8, 4) is 0 Å². The molecular formula is C14H20FN3O2. The minimum Gasteiger partial charge on any atom is -0.341 e. The summed E-state index contributed by atoms with van der Waals surface area (Å²) in [5.74, 6) is -0.626. The summed E-state index contributed by atoms with van der Waals surface area (Å²) in [5, 5.41) is 7.48. The van der Waals surface area contributed by atoms with Crippen molar-refractivity contribution in [3.63, 3.8) is 0 Å². The fraction of sp³-hybridized carbons (Fsp3) is 0.429. The third kappa shape index (κ3) is 4.31. The summed E-state index contributed by atoms with van der Waals surface area (Å²) in [6.07, 6.45) is 0. The number of carbonyl (C=O) groups excluding carboxylic acids is 2. The van der Waals surface area contributed by atoms with E-state index in [1.807, 2.05) is 0 Å². The number of aryl methyl sites for hydroxylation is 2. The maximum Gasteiger partial charge on any atom is 0.321 e. The lowest BCUT2D eigenvalue weighted by Crippen LogP contribution is -2.47. The Morgan fingerprint density at radius 3 is 2.30 bits per heavy atom. The van der Waals surface area contributed by atoms with Crippen LogP contribution in [0.1, 0.15) is 23.6 Å². The predicted octanol–water partition coefficient (Wildman–Crippen LogP) is 1.38. The second-order valence-corrected chi connectivity index (χ2v) is 4.71. The molecule has 110 valence electrons. The van der Waals surface area contributed by atoms with E-state index in [4.69, 9.17) is 0 Å². The van der Waals surface area contributed by atoms with Crippen LogP contribution in [0.2, 0.25) is 0 Å².